The Morgan fingerprint density at radius 3 is 2.19 bits per heavy atom. The molecule has 1 unspecified atom stereocenters. The quantitative estimate of drug-likeness (QED) is 0.0673. The number of benzene rings is 4. The Morgan fingerprint density at radius 2 is 1.55 bits per heavy atom. The standard InChI is InChI=1S/C34H29ClN2O4S/c1-20-6-4-5-7-26(20)33(39)22-8-14-27-29(18-22)30-19-23(9-15-28(30)32(27)36-3)34(40)31(37-41-21(2)38)16-17-42-25-12-10-24(35)11-13-25/h4-15,18-19,32,36H,16-17H2,1-3H3/b37-31+. The van der Waals surface area contributed by atoms with Crippen LogP contribution in [0.1, 0.15) is 62.4 Å². The molecule has 42 heavy (non-hydrogen) atoms. The Hall–Kier alpha value is -4.04. The fourth-order valence-electron chi connectivity index (χ4n) is 5.11. The summed E-state index contributed by atoms with van der Waals surface area (Å²) >= 11 is 7.53. The smallest absolute Gasteiger partial charge is 0.318 e. The highest BCUT2D eigenvalue weighted by Crippen LogP contribution is 2.44. The molecular formula is C34H29ClN2O4S. The van der Waals surface area contributed by atoms with Crippen molar-refractivity contribution >= 4 is 46.6 Å². The summed E-state index contributed by atoms with van der Waals surface area (Å²) < 4.78 is 0. The maximum Gasteiger partial charge on any atom is 0.331 e. The van der Waals surface area contributed by atoms with Crippen molar-refractivity contribution in [3.63, 3.8) is 0 Å². The van der Waals surface area contributed by atoms with E-state index in [1.807, 2.05) is 92.8 Å². The second-order valence-corrected chi connectivity index (χ2v) is 11.6. The van der Waals surface area contributed by atoms with E-state index in [1.165, 1.54) is 6.92 Å². The van der Waals surface area contributed by atoms with E-state index >= 15 is 0 Å². The Balaban J connectivity index is 1.45. The van der Waals surface area contributed by atoms with Gasteiger partial charge in [-0.1, -0.05) is 65.3 Å². The molecule has 0 saturated heterocycles. The second kappa shape index (κ2) is 12.9. The molecule has 0 spiro atoms. The number of nitrogens with one attached hydrogen (secondary N) is 1. The van der Waals surface area contributed by atoms with Crippen molar-refractivity contribution in [2.75, 3.05) is 12.8 Å². The van der Waals surface area contributed by atoms with Gasteiger partial charge in [0.05, 0.1) is 6.04 Å². The van der Waals surface area contributed by atoms with E-state index in [0.717, 1.165) is 32.7 Å². The van der Waals surface area contributed by atoms with Crippen LogP contribution in [-0.4, -0.2) is 36.0 Å². The number of ketones is 2. The molecular weight excluding hydrogens is 568 g/mol. The van der Waals surface area contributed by atoms with Crippen LogP contribution >= 0.6 is 23.4 Å². The van der Waals surface area contributed by atoms with Crippen LogP contribution < -0.4 is 5.32 Å². The molecule has 8 heteroatoms. The van der Waals surface area contributed by atoms with Crippen molar-refractivity contribution in [2.24, 2.45) is 5.16 Å². The summed E-state index contributed by atoms with van der Waals surface area (Å²) in [7, 11) is 1.89. The third-order valence-electron chi connectivity index (χ3n) is 7.19. The summed E-state index contributed by atoms with van der Waals surface area (Å²) in [6, 6.07) is 26.2. The Bertz CT molecular complexity index is 1720. The van der Waals surface area contributed by atoms with E-state index in [9.17, 15) is 14.4 Å². The van der Waals surface area contributed by atoms with E-state index < -0.39 is 5.97 Å². The van der Waals surface area contributed by atoms with Gasteiger partial charge in [-0.2, -0.15) is 0 Å². The largest absolute Gasteiger partial charge is 0.331 e. The summed E-state index contributed by atoms with van der Waals surface area (Å²) in [6.07, 6.45) is 0.293. The molecule has 212 valence electrons. The number of oxime groups is 1. The highest BCUT2D eigenvalue weighted by atomic mass is 35.5. The van der Waals surface area contributed by atoms with E-state index in [0.29, 0.717) is 33.9 Å². The molecule has 4 aromatic rings. The van der Waals surface area contributed by atoms with E-state index in [-0.39, 0.29) is 23.3 Å². The highest BCUT2D eigenvalue weighted by molar-refractivity contribution is 7.99. The summed E-state index contributed by atoms with van der Waals surface area (Å²) in [5.41, 5.74) is 6.55. The molecule has 1 aliphatic rings. The van der Waals surface area contributed by atoms with Crippen molar-refractivity contribution in [1.29, 1.82) is 0 Å². The van der Waals surface area contributed by atoms with Gasteiger partial charge in [0.1, 0.15) is 5.71 Å². The number of nitrogens with zero attached hydrogens (tertiary/aromatic N) is 1. The number of rotatable bonds is 10. The van der Waals surface area contributed by atoms with Crippen LogP contribution in [0.15, 0.2) is 95.0 Å². The van der Waals surface area contributed by atoms with Crippen LogP contribution in [0.2, 0.25) is 5.02 Å². The summed E-state index contributed by atoms with van der Waals surface area (Å²) in [6.45, 7) is 3.17. The molecule has 0 bridgehead atoms. The first kappa shape index (κ1) is 29.5. The SMILES string of the molecule is CNC1c2ccc(C(=O)/C(CCSc3ccc(Cl)cc3)=N/OC(C)=O)cc2-c2cc(C(=O)c3ccccc3C)ccc21. The number of hydrogen-bond acceptors (Lipinski definition) is 7. The van der Waals surface area contributed by atoms with Gasteiger partial charge in [0.2, 0.25) is 5.78 Å². The third kappa shape index (κ3) is 6.23. The van der Waals surface area contributed by atoms with Crippen molar-refractivity contribution in [3.05, 3.63) is 123 Å². The summed E-state index contributed by atoms with van der Waals surface area (Å²) in [5, 5.41) is 7.92. The lowest BCUT2D eigenvalue weighted by molar-refractivity contribution is -0.140. The predicted octanol–water partition coefficient (Wildman–Crippen LogP) is 7.45. The third-order valence-corrected chi connectivity index (χ3v) is 8.45. The lowest BCUT2D eigenvalue weighted by atomic mass is 9.94. The number of hydrogen-bond donors (Lipinski definition) is 1. The molecule has 0 amide bonds. The molecule has 1 aliphatic carbocycles. The van der Waals surface area contributed by atoms with Crippen LogP contribution in [0.5, 0.6) is 0 Å². The van der Waals surface area contributed by atoms with Crippen LogP contribution in [0, 0.1) is 6.92 Å². The maximum atomic E-state index is 13.7. The van der Waals surface area contributed by atoms with E-state index in [1.54, 1.807) is 17.8 Å². The normalized spacial score (nSPS) is 13.8. The monoisotopic (exact) mass is 596 g/mol. The van der Waals surface area contributed by atoms with Crippen LogP contribution in [-0.2, 0) is 9.63 Å². The van der Waals surface area contributed by atoms with Crippen LogP contribution in [0.4, 0.5) is 0 Å². The van der Waals surface area contributed by atoms with Gasteiger partial charge in [0.15, 0.2) is 5.78 Å². The fraction of sp³-hybridized carbons (Fsp3) is 0.176. The first-order valence-electron chi connectivity index (χ1n) is 13.5. The molecule has 1 N–H and O–H groups in total. The van der Waals surface area contributed by atoms with Gasteiger partial charge in [0, 0.05) is 45.7 Å². The first-order chi connectivity index (χ1) is 20.3. The molecule has 0 saturated carbocycles. The van der Waals surface area contributed by atoms with Crippen molar-refractivity contribution in [2.45, 2.75) is 31.2 Å². The molecule has 0 aromatic heterocycles. The minimum atomic E-state index is -0.601. The van der Waals surface area contributed by atoms with Crippen molar-refractivity contribution < 1.29 is 19.2 Å². The van der Waals surface area contributed by atoms with Gasteiger partial charge in [0.25, 0.3) is 0 Å². The minimum Gasteiger partial charge on any atom is -0.318 e. The van der Waals surface area contributed by atoms with Gasteiger partial charge in [-0.25, -0.2) is 4.79 Å². The van der Waals surface area contributed by atoms with Gasteiger partial charge in [-0.05, 0) is 78.2 Å². The topological polar surface area (TPSA) is 84.8 Å². The average Bonchev–Trinajstić information content (AvgIpc) is 3.31. The zero-order valence-corrected chi connectivity index (χ0v) is 25.0. The Morgan fingerprint density at radius 1 is 0.905 bits per heavy atom. The van der Waals surface area contributed by atoms with Gasteiger partial charge < -0.3 is 10.2 Å². The number of halogens is 1. The molecule has 1 atom stereocenters. The number of carbonyl (C=O) groups excluding carboxylic acids is 3. The molecule has 0 aliphatic heterocycles. The first-order valence-corrected chi connectivity index (χ1v) is 14.9. The summed E-state index contributed by atoms with van der Waals surface area (Å²) in [4.78, 5) is 44.5. The molecule has 4 aromatic carbocycles. The number of fused-ring (bicyclic) bond motifs is 3. The lowest BCUT2D eigenvalue weighted by Crippen LogP contribution is -2.17. The lowest BCUT2D eigenvalue weighted by Gasteiger charge is -2.13. The van der Waals surface area contributed by atoms with Gasteiger partial charge in [-0.3, -0.25) is 9.59 Å². The zero-order valence-electron chi connectivity index (χ0n) is 23.4. The van der Waals surface area contributed by atoms with Crippen molar-refractivity contribution in [1.82, 2.24) is 5.32 Å². The van der Waals surface area contributed by atoms with Crippen LogP contribution in [0.25, 0.3) is 11.1 Å². The molecule has 0 fully saturated rings. The maximum absolute atomic E-state index is 13.7. The molecule has 0 radical (unpaired) electrons. The van der Waals surface area contributed by atoms with Crippen LogP contribution in [0.3, 0.4) is 0 Å². The Kier molecular flexibility index (Phi) is 9.02. The number of aryl methyl sites for hydroxylation is 1. The van der Waals surface area contributed by atoms with E-state index in [2.05, 4.69) is 10.5 Å². The predicted molar refractivity (Wildman–Crippen MR) is 168 cm³/mol. The van der Waals surface area contributed by atoms with Crippen molar-refractivity contribution in [3.8, 4) is 11.1 Å². The zero-order chi connectivity index (χ0) is 29.8. The summed E-state index contributed by atoms with van der Waals surface area (Å²) in [5.74, 6) is -0.423. The highest BCUT2D eigenvalue weighted by Gasteiger charge is 2.30. The molecule has 5 rings (SSSR count). The second-order valence-electron chi connectivity index (χ2n) is 9.97. The molecule has 6 nitrogen and oxygen atoms in total. The fourth-order valence-corrected chi connectivity index (χ4v) is 6.10. The minimum absolute atomic E-state index is 0.0495. The molecule has 0 heterocycles. The number of Topliss-reactive ketones (excluding diaryl/α,β-unsaturated/α-hetero) is 1. The Labute approximate surface area is 254 Å². The van der Waals surface area contributed by atoms with E-state index in [4.69, 9.17) is 16.4 Å². The number of thioether (sulfide) groups is 1. The van der Waals surface area contributed by atoms with Gasteiger partial charge >= 0.3 is 5.97 Å². The van der Waals surface area contributed by atoms with Gasteiger partial charge in [-0.15, -0.1) is 11.8 Å². The average molecular weight is 597 g/mol. The number of carbonyl (C=O) groups is 3.